The van der Waals surface area contributed by atoms with E-state index in [-0.39, 0.29) is 23.9 Å². The first kappa shape index (κ1) is 19.5. The van der Waals surface area contributed by atoms with Crippen LogP contribution >= 0.6 is 0 Å². The van der Waals surface area contributed by atoms with E-state index < -0.39 is 23.6 Å². The zero-order valence-corrected chi connectivity index (χ0v) is 14.6. The first-order chi connectivity index (χ1) is 12.4. The fourth-order valence-electron chi connectivity index (χ4n) is 2.40. The van der Waals surface area contributed by atoms with Gasteiger partial charge in [0, 0.05) is 24.5 Å². The van der Waals surface area contributed by atoms with Crippen molar-refractivity contribution in [2.75, 3.05) is 0 Å². The van der Waals surface area contributed by atoms with Crippen LogP contribution in [0.15, 0.2) is 42.7 Å². The van der Waals surface area contributed by atoms with E-state index in [1.54, 1.807) is 18.5 Å². The summed E-state index contributed by atoms with van der Waals surface area (Å²) in [6, 6.07) is 5.66. The second kappa shape index (κ2) is 9.03. The normalized spacial score (nSPS) is 11.9. The molecule has 7 heteroatoms. The van der Waals surface area contributed by atoms with Crippen molar-refractivity contribution in [3.8, 4) is 0 Å². The highest BCUT2D eigenvalue weighted by Gasteiger charge is 2.23. The number of amides is 2. The maximum absolute atomic E-state index is 13.3. The van der Waals surface area contributed by atoms with Crippen LogP contribution in [0.25, 0.3) is 0 Å². The van der Waals surface area contributed by atoms with E-state index in [1.165, 1.54) is 6.07 Å². The van der Waals surface area contributed by atoms with Gasteiger partial charge in [-0.3, -0.25) is 14.6 Å². The number of carbonyl (C=O) groups is 2. The lowest BCUT2D eigenvalue weighted by molar-refractivity contribution is -0.123. The van der Waals surface area contributed by atoms with E-state index in [2.05, 4.69) is 15.6 Å². The van der Waals surface area contributed by atoms with Crippen LogP contribution in [-0.4, -0.2) is 22.8 Å². The van der Waals surface area contributed by atoms with Gasteiger partial charge in [-0.15, -0.1) is 0 Å². The van der Waals surface area contributed by atoms with Crippen LogP contribution in [0, 0.1) is 17.6 Å². The lowest BCUT2D eigenvalue weighted by Crippen LogP contribution is -2.47. The largest absolute Gasteiger partial charge is 0.350 e. The molecule has 0 radical (unpaired) electrons. The topological polar surface area (TPSA) is 71.1 Å². The third-order valence-electron chi connectivity index (χ3n) is 3.70. The van der Waals surface area contributed by atoms with Gasteiger partial charge < -0.3 is 10.6 Å². The summed E-state index contributed by atoms with van der Waals surface area (Å²) in [4.78, 5) is 28.7. The Hall–Kier alpha value is -2.83. The summed E-state index contributed by atoms with van der Waals surface area (Å²) in [5.74, 6) is -2.98. The highest BCUT2D eigenvalue weighted by Crippen LogP contribution is 2.11. The fourth-order valence-corrected chi connectivity index (χ4v) is 2.40. The molecule has 0 unspecified atom stereocenters. The van der Waals surface area contributed by atoms with E-state index in [9.17, 15) is 18.4 Å². The molecule has 0 aliphatic carbocycles. The Bertz CT molecular complexity index is 767. The molecule has 0 fully saturated rings. The molecule has 1 atom stereocenters. The summed E-state index contributed by atoms with van der Waals surface area (Å²) >= 11 is 0. The average Bonchev–Trinajstić information content (AvgIpc) is 2.61. The summed E-state index contributed by atoms with van der Waals surface area (Å²) in [5, 5.41) is 5.35. The van der Waals surface area contributed by atoms with E-state index in [0.717, 1.165) is 17.7 Å². The predicted octanol–water partition coefficient (Wildman–Crippen LogP) is 2.82. The van der Waals surface area contributed by atoms with Crippen molar-refractivity contribution in [3.63, 3.8) is 0 Å². The molecule has 26 heavy (non-hydrogen) atoms. The van der Waals surface area contributed by atoms with Crippen LogP contribution in [0.3, 0.4) is 0 Å². The van der Waals surface area contributed by atoms with Crippen LogP contribution in [0.5, 0.6) is 0 Å². The van der Waals surface area contributed by atoms with Gasteiger partial charge in [-0.1, -0.05) is 19.9 Å². The van der Waals surface area contributed by atoms with Crippen LogP contribution in [0.2, 0.25) is 0 Å². The SMILES string of the molecule is CC(C)C[C@@H](NC(=O)c1ccc(F)c(F)c1)C(=O)NCc1cccnc1. The number of carbonyl (C=O) groups excluding carboxylic acids is 2. The van der Waals surface area contributed by atoms with Gasteiger partial charge in [-0.25, -0.2) is 8.78 Å². The van der Waals surface area contributed by atoms with E-state index in [1.807, 2.05) is 19.9 Å². The quantitative estimate of drug-likeness (QED) is 0.797. The summed E-state index contributed by atoms with van der Waals surface area (Å²) in [5.41, 5.74) is 0.786. The molecule has 1 heterocycles. The Morgan fingerprint density at radius 1 is 1.15 bits per heavy atom. The minimum atomic E-state index is -1.11. The van der Waals surface area contributed by atoms with Gasteiger partial charge in [-0.05, 0) is 42.2 Å². The Kier molecular flexibility index (Phi) is 6.77. The highest BCUT2D eigenvalue weighted by atomic mass is 19.2. The molecule has 138 valence electrons. The summed E-state index contributed by atoms with van der Waals surface area (Å²) < 4.78 is 26.3. The lowest BCUT2D eigenvalue weighted by Gasteiger charge is -2.20. The second-order valence-electron chi connectivity index (χ2n) is 6.36. The highest BCUT2D eigenvalue weighted by molar-refractivity contribution is 5.97. The van der Waals surface area contributed by atoms with Crippen LogP contribution in [0.1, 0.15) is 36.2 Å². The Morgan fingerprint density at radius 2 is 1.92 bits per heavy atom. The van der Waals surface area contributed by atoms with Gasteiger partial charge in [0.2, 0.25) is 5.91 Å². The minimum absolute atomic E-state index is 0.0438. The number of nitrogens with one attached hydrogen (secondary N) is 2. The number of hydrogen-bond acceptors (Lipinski definition) is 3. The molecule has 2 aromatic rings. The van der Waals surface area contributed by atoms with Crippen LogP contribution in [-0.2, 0) is 11.3 Å². The fraction of sp³-hybridized carbons (Fsp3) is 0.316. The van der Waals surface area contributed by atoms with Crippen molar-refractivity contribution in [1.29, 1.82) is 0 Å². The van der Waals surface area contributed by atoms with Crippen LogP contribution in [0.4, 0.5) is 8.78 Å². The molecule has 0 bridgehead atoms. The second-order valence-corrected chi connectivity index (χ2v) is 6.36. The molecule has 0 saturated heterocycles. The molecule has 0 aliphatic rings. The molecule has 2 amide bonds. The molecule has 2 rings (SSSR count). The lowest BCUT2D eigenvalue weighted by atomic mass is 10.0. The molecule has 0 spiro atoms. The summed E-state index contributed by atoms with van der Waals surface area (Å²) in [7, 11) is 0. The van der Waals surface area contributed by atoms with Gasteiger partial charge in [0.1, 0.15) is 6.04 Å². The van der Waals surface area contributed by atoms with Crippen molar-refractivity contribution in [1.82, 2.24) is 15.6 Å². The maximum atomic E-state index is 13.3. The van der Waals surface area contributed by atoms with Gasteiger partial charge in [0.05, 0.1) is 0 Å². The number of rotatable bonds is 7. The molecule has 0 aliphatic heterocycles. The Balaban J connectivity index is 2.04. The maximum Gasteiger partial charge on any atom is 0.252 e. The summed E-state index contributed by atoms with van der Waals surface area (Å²) in [6.07, 6.45) is 3.68. The van der Waals surface area contributed by atoms with Crippen molar-refractivity contribution in [3.05, 3.63) is 65.5 Å². The molecule has 1 aromatic carbocycles. The first-order valence-electron chi connectivity index (χ1n) is 8.29. The summed E-state index contributed by atoms with van der Waals surface area (Å²) in [6.45, 7) is 4.12. The molecule has 5 nitrogen and oxygen atoms in total. The Labute approximate surface area is 150 Å². The van der Waals surface area contributed by atoms with Gasteiger partial charge in [0.15, 0.2) is 11.6 Å². The zero-order chi connectivity index (χ0) is 19.1. The average molecular weight is 361 g/mol. The minimum Gasteiger partial charge on any atom is -0.350 e. The number of nitrogens with zero attached hydrogens (tertiary/aromatic N) is 1. The third-order valence-corrected chi connectivity index (χ3v) is 3.70. The number of benzene rings is 1. The number of pyridine rings is 1. The zero-order valence-electron chi connectivity index (χ0n) is 14.6. The third kappa shape index (κ3) is 5.61. The van der Waals surface area contributed by atoms with E-state index in [0.29, 0.717) is 6.42 Å². The number of hydrogen-bond donors (Lipinski definition) is 2. The number of aromatic nitrogens is 1. The van der Waals surface area contributed by atoms with Crippen molar-refractivity contribution >= 4 is 11.8 Å². The Morgan fingerprint density at radius 3 is 2.54 bits per heavy atom. The smallest absolute Gasteiger partial charge is 0.252 e. The van der Waals surface area contributed by atoms with Crippen LogP contribution < -0.4 is 10.6 Å². The van der Waals surface area contributed by atoms with Crippen molar-refractivity contribution < 1.29 is 18.4 Å². The molecular formula is C19H21F2N3O2. The standard InChI is InChI=1S/C19H21F2N3O2/c1-12(2)8-17(19(26)23-11-13-4-3-7-22-10-13)24-18(25)14-5-6-15(20)16(21)9-14/h3-7,9-10,12,17H,8,11H2,1-2H3,(H,23,26)(H,24,25)/t17-/m1/s1. The van der Waals surface area contributed by atoms with Gasteiger partial charge >= 0.3 is 0 Å². The monoisotopic (exact) mass is 361 g/mol. The molecular weight excluding hydrogens is 340 g/mol. The molecule has 1 aromatic heterocycles. The van der Waals surface area contributed by atoms with Crippen molar-refractivity contribution in [2.24, 2.45) is 5.92 Å². The van der Waals surface area contributed by atoms with Crippen molar-refractivity contribution in [2.45, 2.75) is 32.9 Å². The molecule has 0 saturated carbocycles. The van der Waals surface area contributed by atoms with E-state index in [4.69, 9.17) is 0 Å². The predicted molar refractivity (Wildman–Crippen MR) is 93.2 cm³/mol. The first-order valence-corrected chi connectivity index (χ1v) is 8.29. The molecule has 2 N–H and O–H groups in total. The van der Waals surface area contributed by atoms with Gasteiger partial charge in [0.25, 0.3) is 5.91 Å². The van der Waals surface area contributed by atoms with Gasteiger partial charge in [-0.2, -0.15) is 0 Å². The number of halogens is 2. The van der Waals surface area contributed by atoms with E-state index >= 15 is 0 Å².